The zero-order valence-corrected chi connectivity index (χ0v) is 21.4. The number of carbonyl (C=O) groups excluding carboxylic acids is 1. The number of nitrogens with zero attached hydrogens (tertiary/aromatic N) is 3. The van der Waals surface area contributed by atoms with E-state index in [0.717, 1.165) is 36.9 Å². The van der Waals surface area contributed by atoms with Crippen molar-refractivity contribution in [2.75, 3.05) is 23.7 Å². The van der Waals surface area contributed by atoms with Crippen molar-refractivity contribution in [2.45, 2.75) is 38.2 Å². The Bertz CT molecular complexity index is 1540. The normalized spacial score (nSPS) is 19.9. The van der Waals surface area contributed by atoms with E-state index < -0.39 is 24.2 Å². The number of rotatable bonds is 7. The maximum Gasteiger partial charge on any atom is 0.260 e. The molecule has 3 N–H and O–H groups in total. The number of halogens is 2. The van der Waals surface area contributed by atoms with Gasteiger partial charge in [-0.15, -0.1) is 0 Å². The first-order valence-electron chi connectivity index (χ1n) is 13.0. The maximum absolute atomic E-state index is 13.4. The minimum Gasteiger partial charge on any atom is -0.437 e. The van der Waals surface area contributed by atoms with Crippen molar-refractivity contribution in [1.82, 2.24) is 20.3 Å². The summed E-state index contributed by atoms with van der Waals surface area (Å²) in [6.45, 7) is 3.80. The van der Waals surface area contributed by atoms with Crippen molar-refractivity contribution in [1.29, 1.82) is 0 Å². The van der Waals surface area contributed by atoms with E-state index in [-0.39, 0.29) is 6.04 Å². The summed E-state index contributed by atoms with van der Waals surface area (Å²) in [5.41, 5.74) is 2.67. The van der Waals surface area contributed by atoms with Crippen LogP contribution in [0.3, 0.4) is 0 Å². The standard InChI is InChI=1S/C29H28F2N6O2/c1-17-9-10-19-20(6-2-8-23(19)36-26(38)22-15-29(22,30)31)25(17)39-27-21(7-4-13-33-27)24-11-14-34-28(37-24)35-18-5-3-12-32-16-18/h2,4,6-11,13-14,18,22,32H,3,5,12,15-16H2,1H3,(H,36,38)(H,34,35,37)/t18?,22-/m1/s1. The molecule has 2 atom stereocenters. The first-order chi connectivity index (χ1) is 18.9. The summed E-state index contributed by atoms with van der Waals surface area (Å²) in [7, 11) is 0. The van der Waals surface area contributed by atoms with Crippen molar-refractivity contribution in [3.63, 3.8) is 0 Å². The van der Waals surface area contributed by atoms with E-state index >= 15 is 0 Å². The molecule has 0 radical (unpaired) electrons. The summed E-state index contributed by atoms with van der Waals surface area (Å²) in [6.07, 6.45) is 5.08. The average molecular weight is 531 g/mol. The molecule has 0 bridgehead atoms. The summed E-state index contributed by atoms with van der Waals surface area (Å²) in [5, 5.41) is 10.9. The SMILES string of the molecule is Cc1ccc2c(NC(=O)[C@H]3CC3(F)F)cccc2c1Oc1ncccc1-c1ccnc(NC2CCCNC2)n1. The van der Waals surface area contributed by atoms with Crippen molar-refractivity contribution >= 4 is 28.3 Å². The van der Waals surface area contributed by atoms with Crippen LogP contribution in [0.15, 0.2) is 60.9 Å². The number of hydrogen-bond acceptors (Lipinski definition) is 7. The second-order valence-electron chi connectivity index (χ2n) is 10.0. The molecule has 1 saturated carbocycles. The van der Waals surface area contributed by atoms with Crippen molar-refractivity contribution < 1.29 is 18.3 Å². The minimum absolute atomic E-state index is 0.262. The smallest absolute Gasteiger partial charge is 0.260 e. The largest absolute Gasteiger partial charge is 0.437 e. The van der Waals surface area contributed by atoms with Crippen LogP contribution < -0.4 is 20.7 Å². The summed E-state index contributed by atoms with van der Waals surface area (Å²) < 4.78 is 33.3. The summed E-state index contributed by atoms with van der Waals surface area (Å²) in [6, 6.07) is 14.8. The minimum atomic E-state index is -2.93. The highest BCUT2D eigenvalue weighted by molar-refractivity contribution is 6.06. The van der Waals surface area contributed by atoms with Crippen LogP contribution in [0.25, 0.3) is 22.0 Å². The molecule has 0 spiro atoms. The van der Waals surface area contributed by atoms with Crippen LogP contribution in [-0.4, -0.2) is 45.9 Å². The number of hydrogen-bond donors (Lipinski definition) is 3. The van der Waals surface area contributed by atoms with Crippen LogP contribution in [0.5, 0.6) is 11.6 Å². The van der Waals surface area contributed by atoms with E-state index in [9.17, 15) is 13.6 Å². The van der Waals surface area contributed by atoms with Gasteiger partial charge in [-0.25, -0.2) is 23.7 Å². The van der Waals surface area contributed by atoms with Gasteiger partial charge in [-0.1, -0.05) is 24.3 Å². The fourth-order valence-corrected chi connectivity index (χ4v) is 4.90. The number of nitrogens with one attached hydrogen (secondary N) is 3. The molecule has 6 rings (SSSR count). The quantitative estimate of drug-likeness (QED) is 0.288. The third-order valence-corrected chi connectivity index (χ3v) is 7.14. The van der Waals surface area contributed by atoms with Crippen LogP contribution in [0, 0.1) is 12.8 Å². The monoisotopic (exact) mass is 530 g/mol. The number of ether oxygens (including phenoxy) is 1. The molecule has 39 heavy (non-hydrogen) atoms. The molecular formula is C29H28F2N6O2. The molecule has 4 aromatic rings. The fraction of sp³-hybridized carbons (Fsp3) is 0.310. The van der Waals surface area contributed by atoms with E-state index in [0.29, 0.717) is 39.9 Å². The lowest BCUT2D eigenvalue weighted by atomic mass is 10.0. The first kappa shape index (κ1) is 25.1. The molecule has 1 aliphatic carbocycles. The second kappa shape index (κ2) is 10.2. The predicted octanol–water partition coefficient (Wildman–Crippen LogP) is 5.55. The fourth-order valence-electron chi connectivity index (χ4n) is 4.90. The number of pyridine rings is 1. The maximum atomic E-state index is 13.4. The van der Waals surface area contributed by atoms with Crippen LogP contribution in [-0.2, 0) is 4.79 Å². The van der Waals surface area contributed by atoms with Gasteiger partial charge in [-0.05, 0) is 56.1 Å². The van der Waals surface area contributed by atoms with Gasteiger partial charge in [0, 0.05) is 47.9 Å². The number of aromatic nitrogens is 3. The molecule has 2 aromatic heterocycles. The molecule has 8 nitrogen and oxygen atoms in total. The first-order valence-corrected chi connectivity index (χ1v) is 13.0. The third kappa shape index (κ3) is 5.24. The topological polar surface area (TPSA) is 101 Å². The lowest BCUT2D eigenvalue weighted by molar-refractivity contribution is -0.119. The summed E-state index contributed by atoms with van der Waals surface area (Å²) in [4.78, 5) is 26.0. The summed E-state index contributed by atoms with van der Waals surface area (Å²) in [5.74, 6) is -3.44. The summed E-state index contributed by atoms with van der Waals surface area (Å²) >= 11 is 0. The van der Waals surface area contributed by atoms with Gasteiger partial charge in [0.25, 0.3) is 5.92 Å². The van der Waals surface area contributed by atoms with Gasteiger partial charge >= 0.3 is 0 Å². The number of aryl methyl sites for hydroxylation is 1. The molecule has 1 aliphatic heterocycles. The molecule has 2 aliphatic rings. The van der Waals surface area contributed by atoms with E-state index in [4.69, 9.17) is 9.72 Å². The molecule has 200 valence electrons. The Kier molecular flexibility index (Phi) is 6.56. The van der Waals surface area contributed by atoms with Gasteiger partial charge in [0.15, 0.2) is 0 Å². The zero-order valence-electron chi connectivity index (χ0n) is 21.4. The third-order valence-electron chi connectivity index (χ3n) is 7.14. The van der Waals surface area contributed by atoms with Crippen molar-refractivity contribution in [3.05, 3.63) is 66.5 Å². The Balaban J connectivity index is 1.30. The second-order valence-corrected chi connectivity index (χ2v) is 10.0. The Morgan fingerprint density at radius 3 is 2.74 bits per heavy atom. The van der Waals surface area contributed by atoms with E-state index in [1.54, 1.807) is 24.5 Å². The van der Waals surface area contributed by atoms with Crippen LogP contribution >= 0.6 is 0 Å². The zero-order chi connectivity index (χ0) is 27.0. The highest BCUT2D eigenvalue weighted by Gasteiger charge is 2.61. The molecule has 2 fully saturated rings. The number of amides is 1. The molecule has 2 aromatic carbocycles. The van der Waals surface area contributed by atoms with Crippen molar-refractivity contribution in [2.24, 2.45) is 5.92 Å². The number of piperidine rings is 1. The number of carbonyl (C=O) groups is 1. The number of benzene rings is 2. The molecule has 1 saturated heterocycles. The Hall–Kier alpha value is -4.18. The van der Waals surface area contributed by atoms with Gasteiger partial charge in [0.1, 0.15) is 11.7 Å². The molecular weight excluding hydrogens is 502 g/mol. The highest BCUT2D eigenvalue weighted by Crippen LogP contribution is 2.49. The van der Waals surface area contributed by atoms with E-state index in [2.05, 4.69) is 25.9 Å². The van der Waals surface area contributed by atoms with Gasteiger partial charge in [-0.3, -0.25) is 4.79 Å². The van der Waals surface area contributed by atoms with Gasteiger partial charge in [-0.2, -0.15) is 0 Å². The Morgan fingerprint density at radius 2 is 1.95 bits per heavy atom. The lowest BCUT2D eigenvalue weighted by Gasteiger charge is -2.23. The van der Waals surface area contributed by atoms with Gasteiger partial charge in [0.05, 0.1) is 11.3 Å². The number of alkyl halides is 2. The predicted molar refractivity (Wildman–Crippen MR) is 145 cm³/mol. The molecule has 1 amide bonds. The molecule has 10 heteroatoms. The van der Waals surface area contributed by atoms with Crippen molar-refractivity contribution in [3.8, 4) is 22.9 Å². The van der Waals surface area contributed by atoms with Gasteiger partial charge < -0.3 is 20.7 Å². The van der Waals surface area contributed by atoms with E-state index in [1.165, 1.54) is 0 Å². The molecule has 1 unspecified atom stereocenters. The number of anilines is 2. The Morgan fingerprint density at radius 1 is 1.08 bits per heavy atom. The highest BCUT2D eigenvalue weighted by atomic mass is 19.3. The lowest BCUT2D eigenvalue weighted by Crippen LogP contribution is -2.38. The number of fused-ring (bicyclic) bond motifs is 1. The van der Waals surface area contributed by atoms with Crippen LogP contribution in [0.2, 0.25) is 0 Å². The molecule has 3 heterocycles. The average Bonchev–Trinajstić information content (AvgIpc) is 3.59. The van der Waals surface area contributed by atoms with Crippen LogP contribution in [0.4, 0.5) is 20.4 Å². The Labute approximate surface area is 224 Å². The van der Waals surface area contributed by atoms with Gasteiger partial charge in [0.2, 0.25) is 17.7 Å². The van der Waals surface area contributed by atoms with E-state index in [1.807, 2.05) is 43.3 Å². The van der Waals surface area contributed by atoms with Crippen LogP contribution in [0.1, 0.15) is 24.8 Å².